The second-order valence-electron chi connectivity index (χ2n) is 9.20. The van der Waals surface area contributed by atoms with Crippen LogP contribution in [0.1, 0.15) is 68.5 Å². The third-order valence-corrected chi connectivity index (χ3v) is 6.57. The van der Waals surface area contributed by atoms with Gasteiger partial charge in [-0.2, -0.15) is 0 Å². The van der Waals surface area contributed by atoms with Crippen LogP contribution in [0.3, 0.4) is 0 Å². The summed E-state index contributed by atoms with van der Waals surface area (Å²) >= 11 is 0. The van der Waals surface area contributed by atoms with E-state index in [4.69, 9.17) is 4.74 Å². The van der Waals surface area contributed by atoms with Crippen LogP contribution in [-0.2, 0) is 28.0 Å². The molecule has 3 aromatic rings. The predicted octanol–water partition coefficient (Wildman–Crippen LogP) is 4.23. The summed E-state index contributed by atoms with van der Waals surface area (Å²) in [4.78, 5) is 37.6. The first kappa shape index (κ1) is 25.3. The first-order valence-electron chi connectivity index (χ1n) is 12.7. The van der Waals surface area contributed by atoms with Gasteiger partial charge in [0.25, 0.3) is 0 Å². The summed E-state index contributed by atoms with van der Waals surface area (Å²) in [6.45, 7) is 0.965. The summed E-state index contributed by atoms with van der Waals surface area (Å²) in [7, 11) is 1.73. The molecule has 1 unspecified atom stereocenters. The highest BCUT2D eigenvalue weighted by Gasteiger charge is 2.27. The number of carbonyl (C=O) groups excluding carboxylic acids is 2. The van der Waals surface area contributed by atoms with Crippen LogP contribution in [0.25, 0.3) is 11.0 Å². The fourth-order valence-corrected chi connectivity index (χ4v) is 4.64. The molecule has 0 bridgehead atoms. The normalized spacial score (nSPS) is 15.6. The Morgan fingerprint density at radius 1 is 1.06 bits per heavy atom. The van der Waals surface area contributed by atoms with E-state index in [0.717, 1.165) is 54.3 Å². The Morgan fingerprint density at radius 3 is 2.72 bits per heavy atom. The number of hydrogen-bond acceptors (Lipinski definition) is 4. The maximum absolute atomic E-state index is 13.1. The quantitative estimate of drug-likeness (QED) is 0.293. The number of unbranched alkanes of at least 4 members (excludes halogenated alkanes) is 3. The number of rotatable bonds is 8. The summed E-state index contributed by atoms with van der Waals surface area (Å²) < 4.78 is 8.53. The molecule has 1 saturated heterocycles. The molecule has 1 atom stereocenters. The number of aryl methyl sites for hydroxylation is 1. The van der Waals surface area contributed by atoms with Crippen molar-refractivity contribution in [3.05, 3.63) is 70.1 Å². The largest absolute Gasteiger partial charge is 0.461 e. The number of benzene rings is 2. The molecule has 7 nitrogen and oxygen atoms in total. The number of nitrogens with zero attached hydrogens (tertiary/aromatic N) is 2. The highest BCUT2D eigenvalue weighted by molar-refractivity contribution is 5.87. The van der Waals surface area contributed by atoms with E-state index in [1.807, 2.05) is 48.5 Å². The topological polar surface area (TPSA) is 82.3 Å². The molecule has 36 heavy (non-hydrogen) atoms. The van der Waals surface area contributed by atoms with Crippen LogP contribution in [-0.4, -0.2) is 27.6 Å². The number of amides is 1. The SMILES string of the molecule is Cn1c(=O)n(C2CCCCNC2=O)c2cccc(C#CCCCCCC(=O)OCc3ccccc3)c21. The molecule has 1 aliphatic rings. The van der Waals surface area contributed by atoms with E-state index in [-0.39, 0.29) is 17.6 Å². The Balaban J connectivity index is 1.32. The third-order valence-electron chi connectivity index (χ3n) is 6.57. The van der Waals surface area contributed by atoms with Gasteiger partial charge in [-0.3, -0.25) is 18.7 Å². The van der Waals surface area contributed by atoms with Gasteiger partial charge < -0.3 is 10.1 Å². The molecule has 0 saturated carbocycles. The molecule has 188 valence electrons. The summed E-state index contributed by atoms with van der Waals surface area (Å²) in [6, 6.07) is 14.9. The van der Waals surface area contributed by atoms with Crippen molar-refractivity contribution < 1.29 is 14.3 Å². The minimum Gasteiger partial charge on any atom is -0.461 e. The predicted molar refractivity (Wildman–Crippen MR) is 139 cm³/mol. The molecule has 7 heteroatoms. The number of fused-ring (bicyclic) bond motifs is 1. The van der Waals surface area contributed by atoms with E-state index in [1.54, 1.807) is 16.2 Å². The van der Waals surface area contributed by atoms with Crippen molar-refractivity contribution in [3.8, 4) is 11.8 Å². The van der Waals surface area contributed by atoms with E-state index < -0.39 is 6.04 Å². The lowest BCUT2D eigenvalue weighted by molar-refractivity contribution is -0.145. The van der Waals surface area contributed by atoms with Crippen LogP contribution in [0, 0.1) is 11.8 Å². The molecule has 1 aliphatic heterocycles. The first-order chi connectivity index (χ1) is 17.6. The molecule has 2 heterocycles. The van der Waals surface area contributed by atoms with Gasteiger partial charge in [-0.1, -0.05) is 54.7 Å². The molecular formula is C29H33N3O4. The van der Waals surface area contributed by atoms with Crippen molar-refractivity contribution in [1.29, 1.82) is 0 Å². The lowest BCUT2D eigenvalue weighted by Gasteiger charge is -2.15. The molecule has 1 aromatic heterocycles. The van der Waals surface area contributed by atoms with Gasteiger partial charge in [0.05, 0.1) is 16.6 Å². The molecule has 4 rings (SSSR count). The number of para-hydroxylation sites is 1. The average Bonchev–Trinajstić information content (AvgIpc) is 3.01. The maximum atomic E-state index is 13.1. The molecule has 0 aliphatic carbocycles. The van der Waals surface area contributed by atoms with Gasteiger partial charge >= 0.3 is 11.7 Å². The molecule has 0 radical (unpaired) electrons. The standard InChI is InChI=1S/C29H33N3O4/c1-31-27-23(15-8-3-2-4-9-19-26(33)36-21-22-13-6-5-7-14-22)16-12-18-24(27)32(29(31)35)25-17-10-11-20-30-28(25)34/h5-7,12-14,16,18,25H,2-4,9-11,17,19-21H2,1H3,(H,30,34). The minimum absolute atomic E-state index is 0.0949. The number of nitrogens with one attached hydrogen (secondary N) is 1. The van der Waals surface area contributed by atoms with Crippen molar-refractivity contribution >= 4 is 22.9 Å². The minimum atomic E-state index is -0.494. The van der Waals surface area contributed by atoms with Crippen LogP contribution >= 0.6 is 0 Å². The van der Waals surface area contributed by atoms with Crippen LogP contribution in [0.15, 0.2) is 53.3 Å². The van der Waals surface area contributed by atoms with E-state index in [9.17, 15) is 14.4 Å². The molecular weight excluding hydrogens is 454 g/mol. The summed E-state index contributed by atoms with van der Waals surface area (Å²) in [5.74, 6) is 6.16. The van der Waals surface area contributed by atoms with Crippen LogP contribution in [0.2, 0.25) is 0 Å². The summed E-state index contributed by atoms with van der Waals surface area (Å²) in [6.07, 6.45) is 6.14. The van der Waals surface area contributed by atoms with Gasteiger partial charge in [0.1, 0.15) is 12.6 Å². The molecule has 1 amide bonds. The van der Waals surface area contributed by atoms with E-state index in [1.165, 1.54) is 0 Å². The van der Waals surface area contributed by atoms with Crippen molar-refractivity contribution in [2.45, 2.75) is 64.0 Å². The number of carbonyl (C=O) groups is 2. The van der Waals surface area contributed by atoms with Gasteiger partial charge in [0, 0.05) is 26.4 Å². The lowest BCUT2D eigenvalue weighted by Crippen LogP contribution is -2.36. The maximum Gasteiger partial charge on any atom is 0.329 e. The Hall–Kier alpha value is -3.79. The molecule has 0 spiro atoms. The second kappa shape index (κ2) is 12.3. The van der Waals surface area contributed by atoms with Crippen LogP contribution < -0.4 is 11.0 Å². The molecule has 1 N–H and O–H groups in total. The average molecular weight is 488 g/mol. The third kappa shape index (κ3) is 6.06. The fraction of sp³-hybridized carbons (Fsp3) is 0.414. The summed E-state index contributed by atoms with van der Waals surface area (Å²) in [5, 5.41) is 2.92. The van der Waals surface area contributed by atoms with Crippen molar-refractivity contribution in [1.82, 2.24) is 14.5 Å². The Labute approximate surface area is 211 Å². The van der Waals surface area contributed by atoms with Crippen molar-refractivity contribution in [3.63, 3.8) is 0 Å². The Morgan fingerprint density at radius 2 is 1.89 bits per heavy atom. The van der Waals surface area contributed by atoms with Crippen LogP contribution in [0.4, 0.5) is 0 Å². The molecule has 1 fully saturated rings. The fourth-order valence-electron chi connectivity index (χ4n) is 4.64. The zero-order chi connectivity index (χ0) is 25.3. The highest BCUT2D eigenvalue weighted by Crippen LogP contribution is 2.24. The zero-order valence-corrected chi connectivity index (χ0v) is 20.8. The summed E-state index contributed by atoms with van der Waals surface area (Å²) in [5.41, 5.74) is 3.07. The van der Waals surface area contributed by atoms with E-state index in [0.29, 0.717) is 32.4 Å². The van der Waals surface area contributed by atoms with Crippen molar-refractivity contribution in [2.75, 3.05) is 6.54 Å². The van der Waals surface area contributed by atoms with Gasteiger partial charge in [-0.15, -0.1) is 0 Å². The number of hydrogen-bond donors (Lipinski definition) is 1. The highest BCUT2D eigenvalue weighted by atomic mass is 16.5. The molecule has 2 aromatic carbocycles. The number of imidazole rings is 1. The Bertz CT molecular complexity index is 1330. The number of ether oxygens (including phenoxy) is 1. The van der Waals surface area contributed by atoms with E-state index in [2.05, 4.69) is 17.2 Å². The zero-order valence-electron chi connectivity index (χ0n) is 20.8. The van der Waals surface area contributed by atoms with Gasteiger partial charge in [0.2, 0.25) is 5.91 Å². The second-order valence-corrected chi connectivity index (χ2v) is 9.20. The van der Waals surface area contributed by atoms with Gasteiger partial charge in [0.15, 0.2) is 0 Å². The first-order valence-corrected chi connectivity index (χ1v) is 12.7. The van der Waals surface area contributed by atoms with Gasteiger partial charge in [-0.25, -0.2) is 4.79 Å². The van der Waals surface area contributed by atoms with Crippen molar-refractivity contribution in [2.24, 2.45) is 7.05 Å². The lowest BCUT2D eigenvalue weighted by atomic mass is 10.1. The van der Waals surface area contributed by atoms with Gasteiger partial charge in [-0.05, 0) is 49.8 Å². The Kier molecular flexibility index (Phi) is 8.62. The smallest absolute Gasteiger partial charge is 0.329 e. The monoisotopic (exact) mass is 487 g/mol. The van der Waals surface area contributed by atoms with E-state index >= 15 is 0 Å². The van der Waals surface area contributed by atoms with Crippen LogP contribution in [0.5, 0.6) is 0 Å². The number of aromatic nitrogens is 2. The number of esters is 1.